The molecule has 0 unspecified atom stereocenters. The molecular formula is C21H21N7O3S. The molecule has 0 aliphatic rings. The number of amides is 2. The number of hydrogen-bond acceptors (Lipinski definition) is 7. The molecular weight excluding hydrogens is 430 g/mol. The van der Waals surface area contributed by atoms with Gasteiger partial charge in [-0.3, -0.25) is 15.0 Å². The van der Waals surface area contributed by atoms with Gasteiger partial charge in [0, 0.05) is 24.6 Å². The molecule has 10 nitrogen and oxygen atoms in total. The number of carbonyl (C=O) groups excluding carboxylic acids is 1. The van der Waals surface area contributed by atoms with Crippen molar-refractivity contribution >= 4 is 32.9 Å². The first kappa shape index (κ1) is 21.4. The minimum absolute atomic E-state index is 0.269. The predicted octanol–water partition coefficient (Wildman–Crippen LogP) is 2.48. The Morgan fingerprint density at radius 1 is 1.12 bits per heavy atom. The summed E-state index contributed by atoms with van der Waals surface area (Å²) in [4.78, 5) is 25.3. The normalized spacial score (nSPS) is 11.4. The minimum Gasteiger partial charge on any atom is -0.338 e. The molecule has 0 aliphatic carbocycles. The fraction of sp³-hybridized carbons (Fsp3) is 0.190. The van der Waals surface area contributed by atoms with E-state index in [1.807, 2.05) is 13.0 Å². The number of fused-ring (bicyclic) bond motifs is 1. The summed E-state index contributed by atoms with van der Waals surface area (Å²) >= 11 is 0. The van der Waals surface area contributed by atoms with E-state index in [2.05, 4.69) is 30.7 Å². The van der Waals surface area contributed by atoms with Crippen molar-refractivity contribution in [3.05, 3.63) is 60.6 Å². The van der Waals surface area contributed by atoms with Gasteiger partial charge >= 0.3 is 6.03 Å². The van der Waals surface area contributed by atoms with Crippen molar-refractivity contribution in [3.63, 3.8) is 0 Å². The zero-order chi connectivity index (χ0) is 22.7. The molecule has 0 spiro atoms. The minimum atomic E-state index is -3.28. The molecule has 4 rings (SSSR count). The largest absolute Gasteiger partial charge is 0.338 e. The Labute approximate surface area is 184 Å². The van der Waals surface area contributed by atoms with Gasteiger partial charge in [-0.05, 0) is 36.8 Å². The van der Waals surface area contributed by atoms with Crippen LogP contribution in [0.5, 0.6) is 0 Å². The number of sulfone groups is 1. The standard InChI is InChI=1S/C21H21N7O3S/c1-3-22-21(29)27-19-8-7-17-20(26-19)25-18(11-23-17)15-10-24-28(13-15)12-14-5-4-6-16(9-14)32(2,30)31/h4-11,13H,3,12H2,1-2H3,(H2,22,25,26,27,29). The summed E-state index contributed by atoms with van der Waals surface area (Å²) in [5.74, 6) is 0.372. The molecule has 0 aliphatic heterocycles. The molecule has 0 atom stereocenters. The van der Waals surface area contributed by atoms with Gasteiger partial charge in [0.05, 0.1) is 29.5 Å². The molecule has 3 aromatic heterocycles. The Bertz CT molecular complexity index is 1400. The SMILES string of the molecule is CCNC(=O)Nc1ccc2ncc(-c3cnn(Cc4cccc(S(C)(=O)=O)c4)c3)nc2n1. The maximum atomic E-state index is 11.8. The van der Waals surface area contributed by atoms with Crippen molar-refractivity contribution in [2.24, 2.45) is 0 Å². The van der Waals surface area contributed by atoms with Crippen LogP contribution < -0.4 is 10.6 Å². The lowest BCUT2D eigenvalue weighted by Crippen LogP contribution is -2.28. The van der Waals surface area contributed by atoms with Crippen molar-refractivity contribution in [3.8, 4) is 11.3 Å². The first-order valence-corrected chi connectivity index (χ1v) is 11.7. The number of nitrogens with one attached hydrogen (secondary N) is 2. The number of urea groups is 1. The Hall–Kier alpha value is -3.86. The van der Waals surface area contributed by atoms with E-state index in [0.29, 0.717) is 35.8 Å². The molecule has 164 valence electrons. The molecule has 0 bridgehead atoms. The Balaban J connectivity index is 1.57. The van der Waals surface area contributed by atoms with Gasteiger partial charge in [0.15, 0.2) is 15.5 Å². The van der Waals surface area contributed by atoms with E-state index in [9.17, 15) is 13.2 Å². The Kier molecular flexibility index (Phi) is 5.82. The molecule has 0 fully saturated rings. The highest BCUT2D eigenvalue weighted by Crippen LogP contribution is 2.20. The number of hydrogen-bond donors (Lipinski definition) is 2. The lowest BCUT2D eigenvalue weighted by molar-refractivity contribution is 0.252. The van der Waals surface area contributed by atoms with Gasteiger partial charge in [-0.1, -0.05) is 12.1 Å². The summed E-state index contributed by atoms with van der Waals surface area (Å²) in [6.07, 6.45) is 6.28. The smallest absolute Gasteiger partial charge is 0.320 e. The van der Waals surface area contributed by atoms with E-state index in [4.69, 9.17) is 0 Å². The second-order valence-corrected chi connectivity index (χ2v) is 9.14. The summed E-state index contributed by atoms with van der Waals surface area (Å²) in [6, 6.07) is 9.82. The third-order valence-corrected chi connectivity index (χ3v) is 5.70. The van der Waals surface area contributed by atoms with Gasteiger partial charge in [-0.2, -0.15) is 5.10 Å². The first-order valence-electron chi connectivity index (χ1n) is 9.82. The molecule has 11 heteroatoms. The number of aromatic nitrogens is 5. The van der Waals surface area contributed by atoms with Crippen LogP contribution in [0, 0.1) is 0 Å². The molecule has 32 heavy (non-hydrogen) atoms. The molecule has 1 aromatic carbocycles. The molecule has 2 amide bonds. The number of carbonyl (C=O) groups is 1. The zero-order valence-electron chi connectivity index (χ0n) is 17.5. The average Bonchev–Trinajstić information content (AvgIpc) is 3.21. The van der Waals surface area contributed by atoms with E-state index in [1.165, 1.54) is 6.26 Å². The summed E-state index contributed by atoms with van der Waals surface area (Å²) in [5, 5.41) is 9.65. The molecule has 4 aromatic rings. The van der Waals surface area contributed by atoms with Crippen LogP contribution in [0.4, 0.5) is 10.6 Å². The predicted molar refractivity (Wildman–Crippen MR) is 120 cm³/mol. The summed E-state index contributed by atoms with van der Waals surface area (Å²) < 4.78 is 25.3. The Morgan fingerprint density at radius 2 is 1.97 bits per heavy atom. The molecule has 3 heterocycles. The highest BCUT2D eigenvalue weighted by molar-refractivity contribution is 7.90. The van der Waals surface area contributed by atoms with Crippen molar-refractivity contribution in [1.82, 2.24) is 30.0 Å². The number of pyridine rings is 1. The summed E-state index contributed by atoms with van der Waals surface area (Å²) in [5.41, 5.74) is 3.12. The third-order valence-electron chi connectivity index (χ3n) is 4.59. The molecule has 2 N–H and O–H groups in total. The van der Waals surface area contributed by atoms with E-state index in [-0.39, 0.29) is 10.9 Å². The topological polar surface area (TPSA) is 132 Å². The second kappa shape index (κ2) is 8.71. The summed E-state index contributed by atoms with van der Waals surface area (Å²) in [7, 11) is -3.28. The van der Waals surface area contributed by atoms with Gasteiger partial charge in [0.1, 0.15) is 11.3 Å². The Morgan fingerprint density at radius 3 is 2.75 bits per heavy atom. The highest BCUT2D eigenvalue weighted by atomic mass is 32.2. The van der Waals surface area contributed by atoms with E-state index in [1.54, 1.807) is 53.6 Å². The fourth-order valence-electron chi connectivity index (χ4n) is 3.07. The number of rotatable bonds is 6. The second-order valence-electron chi connectivity index (χ2n) is 7.13. The van der Waals surface area contributed by atoms with Crippen LogP contribution in [-0.4, -0.2) is 52.0 Å². The van der Waals surface area contributed by atoms with E-state index >= 15 is 0 Å². The van der Waals surface area contributed by atoms with Gasteiger partial charge < -0.3 is 5.32 Å². The maximum absolute atomic E-state index is 11.8. The van der Waals surface area contributed by atoms with Crippen molar-refractivity contribution in [2.75, 3.05) is 18.1 Å². The molecule has 0 saturated heterocycles. The van der Waals surface area contributed by atoms with Crippen LogP contribution in [0.3, 0.4) is 0 Å². The van der Waals surface area contributed by atoms with Crippen LogP contribution in [-0.2, 0) is 16.4 Å². The van der Waals surface area contributed by atoms with Gasteiger partial charge in [0.25, 0.3) is 0 Å². The quantitative estimate of drug-likeness (QED) is 0.460. The van der Waals surface area contributed by atoms with E-state index in [0.717, 1.165) is 11.1 Å². The van der Waals surface area contributed by atoms with Crippen molar-refractivity contribution in [1.29, 1.82) is 0 Å². The monoisotopic (exact) mass is 451 g/mol. The van der Waals surface area contributed by atoms with E-state index < -0.39 is 9.84 Å². The van der Waals surface area contributed by atoms with Crippen LogP contribution in [0.25, 0.3) is 22.4 Å². The van der Waals surface area contributed by atoms with Crippen molar-refractivity contribution < 1.29 is 13.2 Å². The van der Waals surface area contributed by atoms with Crippen LogP contribution in [0.15, 0.2) is 59.9 Å². The van der Waals surface area contributed by atoms with Crippen molar-refractivity contribution in [2.45, 2.75) is 18.4 Å². The number of benzene rings is 1. The third kappa shape index (κ3) is 4.89. The van der Waals surface area contributed by atoms with Crippen LogP contribution in [0.1, 0.15) is 12.5 Å². The van der Waals surface area contributed by atoms with Gasteiger partial charge in [-0.25, -0.2) is 23.2 Å². The average molecular weight is 452 g/mol. The van der Waals surface area contributed by atoms with Gasteiger partial charge in [0.2, 0.25) is 0 Å². The maximum Gasteiger partial charge on any atom is 0.320 e. The van der Waals surface area contributed by atoms with Gasteiger partial charge in [-0.15, -0.1) is 0 Å². The number of nitrogens with zero attached hydrogens (tertiary/aromatic N) is 5. The first-order chi connectivity index (χ1) is 15.3. The molecule has 0 saturated carbocycles. The summed E-state index contributed by atoms with van der Waals surface area (Å²) in [6.45, 7) is 2.74. The molecule has 0 radical (unpaired) electrons. The lowest BCUT2D eigenvalue weighted by Gasteiger charge is -2.06. The lowest BCUT2D eigenvalue weighted by atomic mass is 10.2. The fourth-order valence-corrected chi connectivity index (χ4v) is 3.76. The van der Waals surface area contributed by atoms with Crippen LogP contribution >= 0.6 is 0 Å². The highest BCUT2D eigenvalue weighted by Gasteiger charge is 2.11. The zero-order valence-corrected chi connectivity index (χ0v) is 18.3. The van der Waals surface area contributed by atoms with Crippen LogP contribution in [0.2, 0.25) is 0 Å². The number of anilines is 1.